The van der Waals surface area contributed by atoms with E-state index in [0.29, 0.717) is 6.07 Å². The largest absolute Gasteiger partial charge is 0.464 e. The van der Waals surface area contributed by atoms with Gasteiger partial charge in [0.2, 0.25) is 0 Å². The molecule has 1 aromatic heterocycles. The highest BCUT2D eigenvalue weighted by Gasteiger charge is 2.74. The van der Waals surface area contributed by atoms with Crippen molar-refractivity contribution < 1.29 is 35.2 Å². The number of hydrogen-bond donors (Lipinski definition) is 0. The summed E-state index contributed by atoms with van der Waals surface area (Å²) < 4.78 is 99.2. The quantitative estimate of drug-likeness (QED) is 0.572. The number of benzene rings is 1. The van der Waals surface area contributed by atoms with Crippen molar-refractivity contribution in [3.63, 3.8) is 0 Å². The molecule has 0 aliphatic heterocycles. The fourth-order valence-corrected chi connectivity index (χ4v) is 2.70. The van der Waals surface area contributed by atoms with E-state index in [0.717, 1.165) is 6.26 Å². The molecule has 1 nitrogen and oxygen atoms in total. The highest BCUT2D eigenvalue weighted by molar-refractivity contribution is 5.69. The molecule has 8 heteroatoms. The number of alkyl halides is 7. The molecule has 0 bridgehead atoms. The minimum Gasteiger partial charge on any atom is -0.464 e. The van der Waals surface area contributed by atoms with Crippen LogP contribution in [0.25, 0.3) is 11.3 Å². The van der Waals surface area contributed by atoms with Crippen LogP contribution in [0.3, 0.4) is 0 Å². The summed E-state index contributed by atoms with van der Waals surface area (Å²) in [5, 5.41) is 0. The third-order valence-electron chi connectivity index (χ3n) is 3.99. The van der Waals surface area contributed by atoms with Crippen LogP contribution in [0.1, 0.15) is 30.5 Å². The average Bonchev–Trinajstić information content (AvgIpc) is 3.04. The van der Waals surface area contributed by atoms with Crippen molar-refractivity contribution in [2.45, 2.75) is 44.7 Å². The SMILES string of the molecule is CCc1cc(CC)c(-c2ccco2)c(C(F)(C(F)(F)F)C(F)(F)F)c1. The first kappa shape index (κ1) is 19.3. The molecule has 2 aromatic rings. The number of furan rings is 1. The van der Waals surface area contributed by atoms with E-state index >= 15 is 0 Å². The first-order chi connectivity index (χ1) is 11.5. The van der Waals surface area contributed by atoms with Crippen LogP contribution in [-0.2, 0) is 18.5 Å². The Morgan fingerprint density at radius 3 is 1.88 bits per heavy atom. The fraction of sp³-hybridized carbons (Fsp3) is 0.412. The van der Waals surface area contributed by atoms with Gasteiger partial charge in [-0.15, -0.1) is 0 Å². The summed E-state index contributed by atoms with van der Waals surface area (Å²) in [5.41, 5.74) is -7.17. The van der Waals surface area contributed by atoms with E-state index in [9.17, 15) is 30.7 Å². The predicted molar refractivity (Wildman–Crippen MR) is 77.8 cm³/mol. The molecule has 1 heterocycles. The Hall–Kier alpha value is -1.99. The zero-order chi connectivity index (χ0) is 19.0. The number of rotatable bonds is 4. The molecule has 0 fully saturated rings. The maximum absolute atomic E-state index is 14.7. The van der Waals surface area contributed by atoms with Crippen LogP contribution in [-0.4, -0.2) is 12.4 Å². The summed E-state index contributed by atoms with van der Waals surface area (Å²) in [6, 6.07) is 4.61. The van der Waals surface area contributed by atoms with E-state index in [1.807, 2.05) is 0 Å². The maximum Gasteiger partial charge on any atom is 0.435 e. The molecule has 0 saturated heterocycles. The van der Waals surface area contributed by atoms with Crippen LogP contribution in [0.4, 0.5) is 30.7 Å². The molecular weight excluding hydrogens is 353 g/mol. The van der Waals surface area contributed by atoms with Gasteiger partial charge in [-0.1, -0.05) is 26.0 Å². The topological polar surface area (TPSA) is 13.1 Å². The highest BCUT2D eigenvalue weighted by Crippen LogP contribution is 2.56. The van der Waals surface area contributed by atoms with Crippen LogP contribution < -0.4 is 0 Å². The molecule has 0 saturated carbocycles. The van der Waals surface area contributed by atoms with Gasteiger partial charge in [0.1, 0.15) is 5.76 Å². The van der Waals surface area contributed by atoms with Crippen molar-refractivity contribution >= 4 is 0 Å². The van der Waals surface area contributed by atoms with Gasteiger partial charge in [0.05, 0.1) is 6.26 Å². The molecule has 138 valence electrons. The lowest BCUT2D eigenvalue weighted by Crippen LogP contribution is -2.50. The second-order valence-corrected chi connectivity index (χ2v) is 5.52. The second-order valence-electron chi connectivity index (χ2n) is 5.52. The van der Waals surface area contributed by atoms with Gasteiger partial charge in [-0.3, -0.25) is 0 Å². The zero-order valence-electron chi connectivity index (χ0n) is 13.4. The highest BCUT2D eigenvalue weighted by atomic mass is 19.4. The van der Waals surface area contributed by atoms with Crippen molar-refractivity contribution in [3.05, 3.63) is 47.2 Å². The molecule has 0 atom stereocenters. The van der Waals surface area contributed by atoms with Gasteiger partial charge in [0.15, 0.2) is 0 Å². The standard InChI is InChI=1S/C17H15F7O/c1-3-10-8-11(4-2)14(13-6-5-7-25-13)12(9-10)15(18,16(19,20)21)17(22,23)24/h5-9H,3-4H2,1-2H3. The third-order valence-corrected chi connectivity index (χ3v) is 3.99. The van der Waals surface area contributed by atoms with E-state index in [1.165, 1.54) is 18.2 Å². The summed E-state index contributed by atoms with van der Waals surface area (Å²) in [7, 11) is 0. The lowest BCUT2D eigenvalue weighted by molar-refractivity contribution is -0.348. The summed E-state index contributed by atoms with van der Waals surface area (Å²) in [5.74, 6) is -0.245. The monoisotopic (exact) mass is 368 g/mol. The van der Waals surface area contributed by atoms with Gasteiger partial charge in [0.25, 0.3) is 0 Å². The first-order valence-electron chi connectivity index (χ1n) is 7.49. The maximum atomic E-state index is 14.7. The van der Waals surface area contributed by atoms with Crippen LogP contribution in [0.2, 0.25) is 0 Å². The van der Waals surface area contributed by atoms with Gasteiger partial charge in [-0.2, -0.15) is 26.3 Å². The molecular formula is C17H15F7O. The smallest absolute Gasteiger partial charge is 0.435 e. The number of aryl methyl sites for hydroxylation is 2. The normalized spacial score (nSPS) is 13.3. The molecule has 0 amide bonds. The Morgan fingerprint density at radius 1 is 0.880 bits per heavy atom. The second kappa shape index (κ2) is 6.38. The molecule has 0 radical (unpaired) electrons. The Labute approximate surface area is 139 Å². The van der Waals surface area contributed by atoms with Crippen LogP contribution >= 0.6 is 0 Å². The Morgan fingerprint density at radius 2 is 1.48 bits per heavy atom. The van der Waals surface area contributed by atoms with Crippen LogP contribution in [0, 0.1) is 0 Å². The van der Waals surface area contributed by atoms with E-state index in [2.05, 4.69) is 0 Å². The summed E-state index contributed by atoms with van der Waals surface area (Å²) >= 11 is 0. The van der Waals surface area contributed by atoms with E-state index < -0.39 is 29.1 Å². The fourth-order valence-electron chi connectivity index (χ4n) is 2.70. The van der Waals surface area contributed by atoms with Crippen molar-refractivity contribution in [2.75, 3.05) is 0 Å². The van der Waals surface area contributed by atoms with Gasteiger partial charge >= 0.3 is 18.0 Å². The van der Waals surface area contributed by atoms with Gasteiger partial charge in [0, 0.05) is 11.1 Å². The van der Waals surface area contributed by atoms with E-state index in [4.69, 9.17) is 4.42 Å². The van der Waals surface area contributed by atoms with Gasteiger partial charge in [-0.05, 0) is 36.1 Å². The molecule has 2 rings (SSSR count). The van der Waals surface area contributed by atoms with Gasteiger partial charge < -0.3 is 4.42 Å². The zero-order valence-corrected chi connectivity index (χ0v) is 13.4. The van der Waals surface area contributed by atoms with E-state index in [-0.39, 0.29) is 29.7 Å². The van der Waals surface area contributed by atoms with Crippen LogP contribution in [0.5, 0.6) is 0 Å². The van der Waals surface area contributed by atoms with Crippen molar-refractivity contribution in [1.82, 2.24) is 0 Å². The minimum absolute atomic E-state index is 0.114. The summed E-state index contributed by atoms with van der Waals surface area (Å²) in [6.45, 7) is 3.12. The summed E-state index contributed by atoms with van der Waals surface area (Å²) in [4.78, 5) is 0. The lowest BCUT2D eigenvalue weighted by Gasteiger charge is -2.32. The van der Waals surface area contributed by atoms with E-state index in [1.54, 1.807) is 13.8 Å². The van der Waals surface area contributed by atoms with Gasteiger partial charge in [-0.25, -0.2) is 4.39 Å². The first-order valence-corrected chi connectivity index (χ1v) is 7.49. The Balaban J connectivity index is 2.95. The molecule has 0 unspecified atom stereocenters. The molecule has 25 heavy (non-hydrogen) atoms. The minimum atomic E-state index is -6.18. The molecule has 0 N–H and O–H groups in total. The molecule has 1 aromatic carbocycles. The molecule has 0 spiro atoms. The molecule has 0 aliphatic carbocycles. The Bertz CT molecular complexity index is 713. The van der Waals surface area contributed by atoms with Crippen LogP contribution in [0.15, 0.2) is 34.9 Å². The third kappa shape index (κ3) is 3.14. The molecule has 0 aliphatic rings. The number of halogens is 7. The summed E-state index contributed by atoms with van der Waals surface area (Å²) in [6.07, 6.45) is -11.0. The average molecular weight is 368 g/mol. The number of hydrogen-bond acceptors (Lipinski definition) is 1. The lowest BCUT2D eigenvalue weighted by atomic mass is 9.84. The van der Waals surface area contributed by atoms with Crippen molar-refractivity contribution in [2.24, 2.45) is 0 Å². The van der Waals surface area contributed by atoms with Crippen molar-refractivity contribution in [1.29, 1.82) is 0 Å². The van der Waals surface area contributed by atoms with Crippen molar-refractivity contribution in [3.8, 4) is 11.3 Å². The Kier molecular flexibility index (Phi) is 4.94. The predicted octanol–water partition coefficient (Wildman–Crippen LogP) is 6.36.